The van der Waals surface area contributed by atoms with Gasteiger partial charge in [0.05, 0.1) is 17.9 Å². The predicted octanol–water partition coefficient (Wildman–Crippen LogP) is 3.87. The summed E-state index contributed by atoms with van der Waals surface area (Å²) in [6.45, 7) is 2.10. The van der Waals surface area contributed by atoms with Crippen LogP contribution in [0, 0.1) is 5.82 Å². The van der Waals surface area contributed by atoms with Crippen LogP contribution >= 0.6 is 11.8 Å². The quantitative estimate of drug-likeness (QED) is 0.773. The first-order chi connectivity index (χ1) is 11.6. The van der Waals surface area contributed by atoms with Crippen molar-refractivity contribution in [1.82, 2.24) is 0 Å². The Balaban J connectivity index is 1.81. The molecule has 126 valence electrons. The smallest absolute Gasteiger partial charge is 0.338 e. The summed E-state index contributed by atoms with van der Waals surface area (Å²) in [5.74, 6) is 0.0147. The van der Waals surface area contributed by atoms with E-state index in [2.05, 4.69) is 5.32 Å². The van der Waals surface area contributed by atoms with E-state index in [0.29, 0.717) is 23.6 Å². The summed E-state index contributed by atoms with van der Waals surface area (Å²) in [7, 11) is 0. The largest absolute Gasteiger partial charge is 0.462 e. The molecule has 0 aliphatic heterocycles. The first-order valence-corrected chi connectivity index (χ1v) is 8.63. The van der Waals surface area contributed by atoms with Gasteiger partial charge in [0.1, 0.15) is 5.82 Å². The highest BCUT2D eigenvalue weighted by Crippen LogP contribution is 2.15. The van der Waals surface area contributed by atoms with Gasteiger partial charge in [-0.05, 0) is 48.9 Å². The summed E-state index contributed by atoms with van der Waals surface area (Å²) >= 11 is 1.43. The van der Waals surface area contributed by atoms with Crippen molar-refractivity contribution < 1.29 is 18.7 Å². The summed E-state index contributed by atoms with van der Waals surface area (Å²) in [5, 5.41) is 2.70. The molecular formula is C18H18FNO3S. The van der Waals surface area contributed by atoms with Crippen LogP contribution in [0.15, 0.2) is 48.5 Å². The molecule has 0 spiro atoms. The zero-order valence-corrected chi connectivity index (χ0v) is 14.1. The average Bonchev–Trinajstić information content (AvgIpc) is 2.57. The molecule has 0 fully saturated rings. The van der Waals surface area contributed by atoms with E-state index < -0.39 is 0 Å². The van der Waals surface area contributed by atoms with Gasteiger partial charge in [-0.2, -0.15) is 0 Å². The van der Waals surface area contributed by atoms with E-state index >= 15 is 0 Å². The molecule has 0 radical (unpaired) electrons. The molecule has 6 heteroatoms. The Morgan fingerprint density at radius 2 is 1.92 bits per heavy atom. The van der Waals surface area contributed by atoms with Gasteiger partial charge in [-0.3, -0.25) is 4.79 Å². The maximum Gasteiger partial charge on any atom is 0.338 e. The van der Waals surface area contributed by atoms with Gasteiger partial charge in [0, 0.05) is 11.4 Å². The Morgan fingerprint density at radius 3 is 2.62 bits per heavy atom. The van der Waals surface area contributed by atoms with Crippen molar-refractivity contribution in [2.24, 2.45) is 0 Å². The van der Waals surface area contributed by atoms with E-state index in [1.54, 1.807) is 25.1 Å². The molecular weight excluding hydrogens is 329 g/mol. The second-order valence-corrected chi connectivity index (χ2v) is 5.95. The molecule has 1 N–H and O–H groups in total. The molecule has 0 aliphatic carbocycles. The maximum absolute atomic E-state index is 12.8. The van der Waals surface area contributed by atoms with Crippen molar-refractivity contribution in [1.29, 1.82) is 0 Å². The molecule has 4 nitrogen and oxygen atoms in total. The van der Waals surface area contributed by atoms with Gasteiger partial charge in [0.25, 0.3) is 0 Å². The second kappa shape index (κ2) is 9.08. The van der Waals surface area contributed by atoms with E-state index in [9.17, 15) is 14.0 Å². The number of amides is 1. The minimum Gasteiger partial charge on any atom is -0.462 e. The number of esters is 1. The Morgan fingerprint density at radius 1 is 1.17 bits per heavy atom. The van der Waals surface area contributed by atoms with Gasteiger partial charge < -0.3 is 10.1 Å². The number of carbonyl (C=O) groups excluding carboxylic acids is 2. The molecule has 2 aromatic rings. The normalized spacial score (nSPS) is 10.2. The molecule has 0 unspecified atom stereocenters. The number of rotatable bonds is 7. The van der Waals surface area contributed by atoms with E-state index in [4.69, 9.17) is 4.74 Å². The van der Waals surface area contributed by atoms with Crippen LogP contribution < -0.4 is 5.32 Å². The second-order valence-electron chi connectivity index (χ2n) is 4.97. The van der Waals surface area contributed by atoms with Crippen LogP contribution in [0.5, 0.6) is 0 Å². The van der Waals surface area contributed by atoms with Crippen molar-refractivity contribution in [3.8, 4) is 0 Å². The van der Waals surface area contributed by atoms with Crippen LogP contribution in [0.2, 0.25) is 0 Å². The molecule has 2 rings (SSSR count). The van der Waals surface area contributed by atoms with Crippen LogP contribution in [0.25, 0.3) is 0 Å². The van der Waals surface area contributed by atoms with Gasteiger partial charge in [-0.15, -0.1) is 11.8 Å². The first-order valence-electron chi connectivity index (χ1n) is 7.47. The van der Waals surface area contributed by atoms with E-state index in [1.807, 2.05) is 6.07 Å². The summed E-state index contributed by atoms with van der Waals surface area (Å²) < 4.78 is 17.8. The lowest BCUT2D eigenvalue weighted by atomic mass is 10.1. The van der Waals surface area contributed by atoms with Gasteiger partial charge in [-0.25, -0.2) is 9.18 Å². The first kappa shape index (κ1) is 18.0. The highest BCUT2D eigenvalue weighted by atomic mass is 32.2. The van der Waals surface area contributed by atoms with E-state index in [-0.39, 0.29) is 23.4 Å². The fourth-order valence-electron chi connectivity index (χ4n) is 1.99. The summed E-state index contributed by atoms with van der Waals surface area (Å²) in [5.41, 5.74) is 2.01. The highest BCUT2D eigenvalue weighted by molar-refractivity contribution is 7.99. The van der Waals surface area contributed by atoms with Crippen molar-refractivity contribution in [2.45, 2.75) is 12.7 Å². The molecule has 0 atom stereocenters. The van der Waals surface area contributed by atoms with Gasteiger partial charge in [0.2, 0.25) is 5.91 Å². The molecule has 0 aliphatic rings. The molecule has 24 heavy (non-hydrogen) atoms. The predicted molar refractivity (Wildman–Crippen MR) is 93.6 cm³/mol. The number of anilines is 1. The zero-order chi connectivity index (χ0) is 17.4. The molecule has 1 amide bonds. The van der Waals surface area contributed by atoms with Gasteiger partial charge >= 0.3 is 5.97 Å². The van der Waals surface area contributed by atoms with Crippen molar-refractivity contribution in [3.05, 3.63) is 65.5 Å². The number of thioether (sulfide) groups is 1. The van der Waals surface area contributed by atoms with E-state index in [0.717, 1.165) is 5.56 Å². The molecule has 0 heterocycles. The average molecular weight is 347 g/mol. The Bertz CT molecular complexity index is 704. The zero-order valence-electron chi connectivity index (χ0n) is 13.3. The molecule has 0 saturated carbocycles. The number of halogens is 1. The van der Waals surface area contributed by atoms with Gasteiger partial charge in [0.15, 0.2) is 0 Å². The molecule has 0 bridgehead atoms. The third-order valence-electron chi connectivity index (χ3n) is 3.07. The summed E-state index contributed by atoms with van der Waals surface area (Å²) in [6, 6.07) is 12.8. The molecule has 0 aromatic heterocycles. The number of hydrogen-bond donors (Lipinski definition) is 1. The highest BCUT2D eigenvalue weighted by Gasteiger charge is 2.08. The number of benzene rings is 2. The summed E-state index contributed by atoms with van der Waals surface area (Å²) in [6.07, 6.45) is 0. The number of carbonyl (C=O) groups is 2. The van der Waals surface area contributed by atoms with Crippen LogP contribution in [0.4, 0.5) is 10.1 Å². The Labute approximate surface area is 144 Å². The summed E-state index contributed by atoms with van der Waals surface area (Å²) in [4.78, 5) is 23.5. The number of nitrogens with one attached hydrogen (secondary N) is 1. The number of hydrogen-bond acceptors (Lipinski definition) is 4. The van der Waals surface area contributed by atoms with Crippen LogP contribution in [0.3, 0.4) is 0 Å². The third-order valence-corrected chi connectivity index (χ3v) is 4.07. The Kier molecular flexibility index (Phi) is 6.81. The molecule has 0 saturated heterocycles. The van der Waals surface area contributed by atoms with Crippen molar-refractivity contribution >= 4 is 29.3 Å². The lowest BCUT2D eigenvalue weighted by molar-refractivity contribution is -0.113. The fourth-order valence-corrected chi connectivity index (χ4v) is 2.77. The molecule has 2 aromatic carbocycles. The van der Waals surface area contributed by atoms with Crippen LogP contribution in [0.1, 0.15) is 22.8 Å². The van der Waals surface area contributed by atoms with Crippen LogP contribution in [-0.2, 0) is 15.3 Å². The fraction of sp³-hybridized carbons (Fsp3) is 0.222. The van der Waals surface area contributed by atoms with E-state index in [1.165, 1.54) is 36.0 Å². The van der Waals surface area contributed by atoms with Gasteiger partial charge in [-0.1, -0.05) is 12.1 Å². The third kappa shape index (κ3) is 5.70. The van der Waals surface area contributed by atoms with Crippen LogP contribution in [-0.4, -0.2) is 24.2 Å². The maximum atomic E-state index is 12.8. The standard InChI is InChI=1S/C18H18FNO3S/c1-2-23-18(22)14-5-3-4-13(10-14)11-24-12-17(21)20-16-8-6-15(19)7-9-16/h3-10H,2,11-12H2,1H3,(H,20,21). The monoisotopic (exact) mass is 347 g/mol. The SMILES string of the molecule is CCOC(=O)c1cccc(CSCC(=O)Nc2ccc(F)cc2)c1. The minimum atomic E-state index is -0.349. The minimum absolute atomic E-state index is 0.159. The lowest BCUT2D eigenvalue weighted by Gasteiger charge is -2.06. The lowest BCUT2D eigenvalue weighted by Crippen LogP contribution is -2.14. The topological polar surface area (TPSA) is 55.4 Å². The van der Waals surface area contributed by atoms with Crippen molar-refractivity contribution in [3.63, 3.8) is 0 Å². The Hall–Kier alpha value is -2.34. The van der Waals surface area contributed by atoms with Crippen molar-refractivity contribution in [2.75, 3.05) is 17.7 Å². The number of ether oxygens (including phenoxy) is 1.